The minimum atomic E-state index is -0.761. The zero-order valence-corrected chi connectivity index (χ0v) is 15.3. The summed E-state index contributed by atoms with van der Waals surface area (Å²) in [6, 6.07) is -0.566. The molecule has 9 nitrogen and oxygen atoms in total. The number of nitrogens with two attached hydrogens (primary N) is 2. The van der Waals surface area contributed by atoms with E-state index < -0.39 is 17.9 Å². The number of allylic oxidation sites excluding steroid dienone is 1. The molecule has 2 rings (SSSR count). The summed E-state index contributed by atoms with van der Waals surface area (Å²) >= 11 is 4.24. The Kier molecular flexibility index (Phi) is 6.56. The fraction of sp³-hybridized carbons (Fsp3) is 0.438. The number of rotatable bonds is 10. The van der Waals surface area contributed by atoms with Gasteiger partial charge >= 0.3 is 0 Å². The third-order valence-electron chi connectivity index (χ3n) is 3.88. The van der Waals surface area contributed by atoms with E-state index in [0.717, 1.165) is 12.8 Å². The van der Waals surface area contributed by atoms with Crippen molar-refractivity contribution in [2.45, 2.75) is 38.6 Å². The first-order valence-corrected chi connectivity index (χ1v) is 8.72. The summed E-state index contributed by atoms with van der Waals surface area (Å²) in [7, 11) is 0. The Balaban J connectivity index is 2.23. The van der Waals surface area contributed by atoms with Crippen molar-refractivity contribution < 1.29 is 9.59 Å². The van der Waals surface area contributed by atoms with E-state index in [1.54, 1.807) is 0 Å². The lowest BCUT2D eigenvalue weighted by Gasteiger charge is -2.17. The van der Waals surface area contributed by atoms with Gasteiger partial charge < -0.3 is 27.5 Å². The van der Waals surface area contributed by atoms with Crippen LogP contribution in [0.15, 0.2) is 17.3 Å². The second-order valence-electron chi connectivity index (χ2n) is 6.13. The Bertz CT molecular complexity index is 746. The van der Waals surface area contributed by atoms with Gasteiger partial charge in [-0.2, -0.15) is 0 Å². The average molecular weight is 377 g/mol. The Morgan fingerprint density at radius 2 is 2.15 bits per heavy atom. The summed E-state index contributed by atoms with van der Waals surface area (Å²) < 4.78 is 0. The van der Waals surface area contributed by atoms with Gasteiger partial charge in [-0.25, -0.2) is 9.97 Å². The molecule has 140 valence electrons. The number of amides is 2. The van der Waals surface area contributed by atoms with Crippen LogP contribution in [0, 0.1) is 11.3 Å². The minimum Gasteiger partial charge on any atom is -0.368 e. The minimum absolute atomic E-state index is 0.0728. The molecule has 1 fully saturated rings. The van der Waals surface area contributed by atoms with E-state index in [4.69, 9.17) is 16.9 Å². The number of nitrogens with one attached hydrogen (secondary N) is 3. The predicted molar refractivity (Wildman–Crippen MR) is 103 cm³/mol. The molecular formula is C16H23N7O2S. The van der Waals surface area contributed by atoms with E-state index >= 15 is 0 Å². The lowest BCUT2D eigenvalue weighted by Crippen LogP contribution is -2.36. The third kappa shape index (κ3) is 5.73. The van der Waals surface area contributed by atoms with Crippen molar-refractivity contribution >= 4 is 41.8 Å². The van der Waals surface area contributed by atoms with E-state index in [1.165, 1.54) is 12.3 Å². The SMILES string of the molecule is CCC(=N)/C=C(\S)Nc1nc(N[C@H](CC2CC2)C(N)=O)cnc1C(N)=O. The molecule has 1 aliphatic rings. The smallest absolute Gasteiger partial charge is 0.271 e. The number of anilines is 2. The van der Waals surface area contributed by atoms with Crippen molar-refractivity contribution in [3.05, 3.63) is 23.0 Å². The molecule has 7 N–H and O–H groups in total. The van der Waals surface area contributed by atoms with Crippen LogP contribution in [-0.4, -0.2) is 33.5 Å². The molecule has 2 amide bonds. The maximum atomic E-state index is 11.6. The molecule has 1 aromatic rings. The van der Waals surface area contributed by atoms with Crippen LogP contribution >= 0.6 is 12.6 Å². The molecule has 10 heteroatoms. The summed E-state index contributed by atoms with van der Waals surface area (Å²) in [5.41, 5.74) is 11.0. The van der Waals surface area contributed by atoms with E-state index in [2.05, 4.69) is 33.2 Å². The zero-order valence-electron chi connectivity index (χ0n) is 14.5. The number of aromatic nitrogens is 2. The molecule has 26 heavy (non-hydrogen) atoms. The molecule has 0 radical (unpaired) electrons. The van der Waals surface area contributed by atoms with Gasteiger partial charge in [-0.15, -0.1) is 12.6 Å². The van der Waals surface area contributed by atoms with Crippen molar-refractivity contribution in [3.63, 3.8) is 0 Å². The molecule has 0 spiro atoms. The Morgan fingerprint density at radius 1 is 1.46 bits per heavy atom. The molecular weight excluding hydrogens is 354 g/mol. The number of hydrogen-bond acceptors (Lipinski definition) is 8. The van der Waals surface area contributed by atoms with Crippen LogP contribution in [-0.2, 0) is 4.79 Å². The highest BCUT2D eigenvalue weighted by Crippen LogP contribution is 2.34. The third-order valence-corrected chi connectivity index (χ3v) is 4.12. The number of hydrogen-bond donors (Lipinski definition) is 6. The van der Waals surface area contributed by atoms with Gasteiger partial charge in [-0.1, -0.05) is 19.8 Å². The van der Waals surface area contributed by atoms with Crippen molar-refractivity contribution in [2.24, 2.45) is 17.4 Å². The number of carbonyl (C=O) groups is 2. The van der Waals surface area contributed by atoms with Crippen LogP contribution in [0.3, 0.4) is 0 Å². The fourth-order valence-electron chi connectivity index (χ4n) is 2.26. The highest BCUT2D eigenvalue weighted by atomic mass is 32.1. The summed E-state index contributed by atoms with van der Waals surface area (Å²) in [5.74, 6) is -0.375. The molecule has 1 aromatic heterocycles. The van der Waals surface area contributed by atoms with Crippen LogP contribution < -0.4 is 22.1 Å². The van der Waals surface area contributed by atoms with Crippen LogP contribution in [0.4, 0.5) is 11.6 Å². The van der Waals surface area contributed by atoms with Crippen molar-refractivity contribution in [1.29, 1.82) is 5.41 Å². The van der Waals surface area contributed by atoms with Gasteiger partial charge in [-0.3, -0.25) is 9.59 Å². The molecule has 0 aliphatic heterocycles. The molecule has 0 saturated heterocycles. The van der Waals surface area contributed by atoms with Crippen LogP contribution in [0.2, 0.25) is 0 Å². The topological polar surface area (TPSA) is 160 Å². The Morgan fingerprint density at radius 3 is 2.69 bits per heavy atom. The zero-order chi connectivity index (χ0) is 19.3. The van der Waals surface area contributed by atoms with Gasteiger partial charge in [-0.05, 0) is 24.8 Å². The quantitative estimate of drug-likeness (QED) is 0.266. The summed E-state index contributed by atoms with van der Waals surface area (Å²) in [6.07, 6.45) is 6.15. The fourth-order valence-corrected chi connectivity index (χ4v) is 2.52. The molecule has 1 atom stereocenters. The number of primary amides is 2. The van der Waals surface area contributed by atoms with Crippen LogP contribution in [0.1, 0.15) is 43.1 Å². The van der Waals surface area contributed by atoms with Crippen molar-refractivity contribution in [2.75, 3.05) is 10.6 Å². The Labute approximate surface area is 156 Å². The van der Waals surface area contributed by atoms with Crippen LogP contribution in [0.5, 0.6) is 0 Å². The number of thiol groups is 1. The van der Waals surface area contributed by atoms with E-state index in [9.17, 15) is 9.59 Å². The highest BCUT2D eigenvalue weighted by molar-refractivity contribution is 7.84. The van der Waals surface area contributed by atoms with Gasteiger partial charge in [0.2, 0.25) is 5.91 Å². The molecule has 0 bridgehead atoms. The largest absolute Gasteiger partial charge is 0.368 e. The van der Waals surface area contributed by atoms with E-state index in [-0.39, 0.29) is 17.3 Å². The van der Waals surface area contributed by atoms with Gasteiger partial charge in [0.05, 0.1) is 11.2 Å². The second kappa shape index (κ2) is 8.65. The van der Waals surface area contributed by atoms with E-state index in [1.807, 2.05) is 6.92 Å². The van der Waals surface area contributed by atoms with Crippen molar-refractivity contribution in [3.8, 4) is 0 Å². The predicted octanol–water partition coefficient (Wildman–Crippen LogP) is 1.25. The van der Waals surface area contributed by atoms with Gasteiger partial charge in [0, 0.05) is 5.71 Å². The molecule has 0 aromatic carbocycles. The summed E-state index contributed by atoms with van der Waals surface area (Å²) in [4.78, 5) is 31.5. The maximum Gasteiger partial charge on any atom is 0.271 e. The number of carbonyl (C=O) groups excluding carboxylic acids is 2. The van der Waals surface area contributed by atoms with Gasteiger partial charge in [0.25, 0.3) is 5.91 Å². The lowest BCUT2D eigenvalue weighted by atomic mass is 10.1. The average Bonchev–Trinajstić information content (AvgIpc) is 3.37. The monoisotopic (exact) mass is 377 g/mol. The van der Waals surface area contributed by atoms with Gasteiger partial charge in [0.1, 0.15) is 11.9 Å². The molecule has 0 unspecified atom stereocenters. The van der Waals surface area contributed by atoms with Crippen LogP contribution in [0.25, 0.3) is 0 Å². The van der Waals surface area contributed by atoms with Crippen molar-refractivity contribution in [1.82, 2.24) is 9.97 Å². The highest BCUT2D eigenvalue weighted by Gasteiger charge is 2.28. The summed E-state index contributed by atoms with van der Waals surface area (Å²) in [5, 5.41) is 13.7. The molecule has 1 aliphatic carbocycles. The molecule has 1 heterocycles. The standard InChI is InChI=1S/C16H23N7O2S/c1-2-9(17)6-12(26)23-16-13(15(19)25)20-7-11(22-16)21-10(14(18)24)5-8-3-4-8/h6-8,10,17,26H,2-5H2,1H3,(H2,18,24)(H2,19,25)(H2,21,22,23)/b12-6-,17-9?/t10-/m1/s1. The summed E-state index contributed by atoms with van der Waals surface area (Å²) in [6.45, 7) is 1.84. The molecule has 1 saturated carbocycles. The lowest BCUT2D eigenvalue weighted by molar-refractivity contribution is -0.118. The second-order valence-corrected chi connectivity index (χ2v) is 6.61. The number of nitrogens with zero attached hydrogens (tertiary/aromatic N) is 2. The first kappa shape index (κ1) is 19.7. The Hall–Kier alpha value is -2.62. The normalized spacial score (nSPS) is 15.2. The van der Waals surface area contributed by atoms with E-state index in [0.29, 0.717) is 29.5 Å². The first-order valence-electron chi connectivity index (χ1n) is 8.28. The maximum absolute atomic E-state index is 11.6. The van der Waals surface area contributed by atoms with Gasteiger partial charge in [0.15, 0.2) is 11.5 Å². The first-order chi connectivity index (χ1) is 12.3.